The molecule has 100 valence electrons. The summed E-state index contributed by atoms with van der Waals surface area (Å²) in [4.78, 5) is 4.96. The van der Waals surface area contributed by atoms with E-state index in [0.29, 0.717) is 5.92 Å². The fourth-order valence-corrected chi connectivity index (χ4v) is 3.29. The van der Waals surface area contributed by atoms with E-state index in [1.54, 1.807) is 0 Å². The molecule has 2 heterocycles. The van der Waals surface area contributed by atoms with Crippen molar-refractivity contribution in [3.8, 4) is 0 Å². The normalized spacial score (nSPS) is 30.7. The summed E-state index contributed by atoms with van der Waals surface area (Å²) in [6.45, 7) is 11.5. The molecule has 2 saturated heterocycles. The van der Waals surface area contributed by atoms with Gasteiger partial charge in [-0.2, -0.15) is 0 Å². The minimum Gasteiger partial charge on any atom is -0.326 e. The molecule has 3 N–H and O–H groups in total. The van der Waals surface area contributed by atoms with Gasteiger partial charge in [0, 0.05) is 44.3 Å². The lowest BCUT2D eigenvalue weighted by atomic mass is 9.82. The summed E-state index contributed by atoms with van der Waals surface area (Å²) >= 11 is 0. The standard InChI is InChI=1S/C13H28N4/c1-13(2,17-8-5-15-6-9-17)12(14)11-4-7-16(3)10-11/h11-12,15H,4-10,14H2,1-3H3. The van der Waals surface area contributed by atoms with Crippen LogP contribution in [0, 0.1) is 5.92 Å². The Morgan fingerprint density at radius 2 is 1.88 bits per heavy atom. The van der Waals surface area contributed by atoms with Gasteiger partial charge in [-0.1, -0.05) is 0 Å². The third-order valence-electron chi connectivity index (χ3n) is 4.68. The van der Waals surface area contributed by atoms with Crippen LogP contribution in [0.15, 0.2) is 0 Å². The molecule has 0 aliphatic carbocycles. The highest BCUT2D eigenvalue weighted by molar-refractivity contribution is 4.98. The summed E-state index contributed by atoms with van der Waals surface area (Å²) in [6.07, 6.45) is 1.26. The van der Waals surface area contributed by atoms with Crippen molar-refractivity contribution in [2.45, 2.75) is 31.8 Å². The maximum atomic E-state index is 6.56. The lowest BCUT2D eigenvalue weighted by Crippen LogP contribution is -2.63. The highest BCUT2D eigenvalue weighted by Gasteiger charge is 2.39. The third-order valence-corrected chi connectivity index (χ3v) is 4.68. The Balaban J connectivity index is 1.97. The van der Waals surface area contributed by atoms with E-state index in [4.69, 9.17) is 5.73 Å². The number of likely N-dealkylation sites (tertiary alicyclic amines) is 1. The first-order chi connectivity index (χ1) is 8.01. The molecule has 0 amide bonds. The minimum absolute atomic E-state index is 0.123. The molecule has 2 aliphatic heterocycles. The molecule has 0 radical (unpaired) electrons. The second kappa shape index (κ2) is 5.22. The molecule has 4 heteroatoms. The van der Waals surface area contributed by atoms with Crippen LogP contribution in [-0.2, 0) is 0 Å². The fourth-order valence-electron chi connectivity index (χ4n) is 3.29. The quantitative estimate of drug-likeness (QED) is 0.726. The highest BCUT2D eigenvalue weighted by Crippen LogP contribution is 2.28. The Bertz CT molecular complexity index is 248. The summed E-state index contributed by atoms with van der Waals surface area (Å²) in [5.74, 6) is 0.657. The van der Waals surface area contributed by atoms with E-state index in [-0.39, 0.29) is 11.6 Å². The van der Waals surface area contributed by atoms with E-state index in [2.05, 4.69) is 36.0 Å². The molecule has 2 aliphatic rings. The van der Waals surface area contributed by atoms with Crippen LogP contribution < -0.4 is 11.1 Å². The molecule has 0 saturated carbocycles. The molecule has 0 aromatic rings. The van der Waals surface area contributed by atoms with Gasteiger partial charge >= 0.3 is 0 Å². The Morgan fingerprint density at radius 1 is 1.24 bits per heavy atom. The van der Waals surface area contributed by atoms with Crippen LogP contribution in [0.1, 0.15) is 20.3 Å². The van der Waals surface area contributed by atoms with Gasteiger partial charge in [0.05, 0.1) is 0 Å². The fraction of sp³-hybridized carbons (Fsp3) is 1.00. The molecule has 17 heavy (non-hydrogen) atoms. The second-order valence-electron chi connectivity index (χ2n) is 6.23. The van der Waals surface area contributed by atoms with Gasteiger partial charge in [-0.25, -0.2) is 0 Å². The Labute approximate surface area is 106 Å². The molecule has 0 bridgehead atoms. The lowest BCUT2D eigenvalue weighted by Gasteiger charge is -2.46. The summed E-state index contributed by atoms with van der Waals surface area (Å²) in [7, 11) is 2.20. The van der Waals surface area contributed by atoms with E-state index in [1.807, 2.05) is 0 Å². The first-order valence-corrected chi connectivity index (χ1v) is 6.91. The highest BCUT2D eigenvalue weighted by atomic mass is 15.3. The molecule has 2 atom stereocenters. The van der Waals surface area contributed by atoms with Gasteiger partial charge in [0.25, 0.3) is 0 Å². The molecular weight excluding hydrogens is 212 g/mol. The lowest BCUT2D eigenvalue weighted by molar-refractivity contribution is 0.0619. The third kappa shape index (κ3) is 2.81. The Morgan fingerprint density at radius 3 is 2.41 bits per heavy atom. The molecule has 0 spiro atoms. The zero-order valence-corrected chi connectivity index (χ0v) is 11.6. The van der Waals surface area contributed by atoms with Crippen molar-refractivity contribution in [1.82, 2.24) is 15.1 Å². The van der Waals surface area contributed by atoms with Gasteiger partial charge in [-0.05, 0) is 39.8 Å². The van der Waals surface area contributed by atoms with Crippen LogP contribution in [0.5, 0.6) is 0 Å². The van der Waals surface area contributed by atoms with Crippen LogP contribution in [0.3, 0.4) is 0 Å². The van der Waals surface area contributed by atoms with Crippen molar-refractivity contribution in [1.29, 1.82) is 0 Å². The summed E-state index contributed by atoms with van der Waals surface area (Å²) in [6, 6.07) is 0.283. The van der Waals surface area contributed by atoms with Crippen molar-refractivity contribution < 1.29 is 0 Å². The van der Waals surface area contributed by atoms with E-state index < -0.39 is 0 Å². The zero-order valence-electron chi connectivity index (χ0n) is 11.6. The number of rotatable bonds is 3. The van der Waals surface area contributed by atoms with E-state index >= 15 is 0 Å². The van der Waals surface area contributed by atoms with Crippen molar-refractivity contribution in [2.24, 2.45) is 11.7 Å². The average molecular weight is 240 g/mol. The molecule has 0 aromatic heterocycles. The Kier molecular flexibility index (Phi) is 4.08. The summed E-state index contributed by atoms with van der Waals surface area (Å²) in [5.41, 5.74) is 6.68. The second-order valence-corrected chi connectivity index (χ2v) is 6.23. The van der Waals surface area contributed by atoms with Crippen molar-refractivity contribution >= 4 is 0 Å². The van der Waals surface area contributed by atoms with E-state index in [0.717, 1.165) is 32.7 Å². The zero-order chi connectivity index (χ0) is 12.5. The van der Waals surface area contributed by atoms with Gasteiger partial charge in [-0.3, -0.25) is 4.90 Å². The topological polar surface area (TPSA) is 44.5 Å². The summed E-state index contributed by atoms with van der Waals surface area (Å²) in [5, 5.41) is 3.41. The molecule has 0 aromatic carbocycles. The largest absolute Gasteiger partial charge is 0.326 e. The van der Waals surface area contributed by atoms with Crippen LogP contribution in [0.25, 0.3) is 0 Å². The number of hydrogen-bond donors (Lipinski definition) is 2. The van der Waals surface area contributed by atoms with Crippen LogP contribution in [-0.4, -0.2) is 67.7 Å². The van der Waals surface area contributed by atoms with Crippen LogP contribution in [0.4, 0.5) is 0 Å². The Hall–Kier alpha value is -0.160. The SMILES string of the molecule is CN1CCC(C(N)C(C)(C)N2CCNCC2)C1. The van der Waals surface area contributed by atoms with E-state index in [9.17, 15) is 0 Å². The number of nitrogens with one attached hydrogen (secondary N) is 1. The first kappa shape index (κ1) is 13.3. The van der Waals surface area contributed by atoms with Gasteiger partial charge in [-0.15, -0.1) is 0 Å². The van der Waals surface area contributed by atoms with Crippen LogP contribution >= 0.6 is 0 Å². The molecule has 4 nitrogen and oxygen atoms in total. The maximum Gasteiger partial charge on any atom is 0.0308 e. The molecule has 2 fully saturated rings. The molecule has 2 rings (SSSR count). The monoisotopic (exact) mass is 240 g/mol. The van der Waals surface area contributed by atoms with Crippen molar-refractivity contribution in [3.63, 3.8) is 0 Å². The predicted octanol–water partition coefficient (Wildman–Crippen LogP) is -0.0508. The minimum atomic E-state index is 0.123. The maximum absolute atomic E-state index is 6.56. The van der Waals surface area contributed by atoms with Crippen molar-refractivity contribution in [2.75, 3.05) is 46.3 Å². The van der Waals surface area contributed by atoms with Crippen LogP contribution in [0.2, 0.25) is 0 Å². The number of hydrogen-bond acceptors (Lipinski definition) is 4. The summed E-state index contributed by atoms with van der Waals surface area (Å²) < 4.78 is 0. The van der Waals surface area contributed by atoms with Gasteiger partial charge in [0.1, 0.15) is 0 Å². The van der Waals surface area contributed by atoms with E-state index in [1.165, 1.54) is 13.0 Å². The number of nitrogens with zero attached hydrogens (tertiary/aromatic N) is 2. The number of nitrogens with two attached hydrogens (primary N) is 1. The van der Waals surface area contributed by atoms with Gasteiger partial charge < -0.3 is 16.0 Å². The molecule has 2 unspecified atom stereocenters. The molecular formula is C13H28N4. The smallest absolute Gasteiger partial charge is 0.0308 e. The predicted molar refractivity (Wildman–Crippen MR) is 72.1 cm³/mol. The first-order valence-electron chi connectivity index (χ1n) is 6.91. The van der Waals surface area contributed by atoms with Gasteiger partial charge in [0.15, 0.2) is 0 Å². The van der Waals surface area contributed by atoms with Crippen molar-refractivity contribution in [3.05, 3.63) is 0 Å². The number of piperazine rings is 1. The van der Waals surface area contributed by atoms with Gasteiger partial charge in [0.2, 0.25) is 0 Å². The average Bonchev–Trinajstić information content (AvgIpc) is 2.76.